The van der Waals surface area contributed by atoms with Gasteiger partial charge in [0, 0.05) is 20.1 Å². The molecule has 1 amide bonds. The zero-order chi connectivity index (χ0) is 15.3. The van der Waals surface area contributed by atoms with E-state index in [2.05, 4.69) is 38.0 Å². The molecule has 0 bridgehead atoms. The number of rotatable bonds is 7. The summed E-state index contributed by atoms with van der Waals surface area (Å²) in [7, 11) is 1.96. The molecule has 0 aliphatic rings. The number of nitrogen functional groups attached to an aromatic ring is 1. The second-order valence-corrected chi connectivity index (χ2v) is 6.54. The van der Waals surface area contributed by atoms with E-state index in [0.717, 1.165) is 18.1 Å². The maximum absolute atomic E-state index is 12.1. The number of carbonyl (C=O) groups excluding carboxylic acids is 1. The fourth-order valence-corrected chi connectivity index (χ4v) is 2.54. The van der Waals surface area contributed by atoms with Crippen molar-refractivity contribution in [3.8, 4) is 0 Å². The molecule has 114 valence electrons. The lowest BCUT2D eigenvalue weighted by molar-refractivity contribution is 0.0949. The number of aromatic nitrogens is 1. The Hall–Kier alpha value is -1.30. The van der Waals surface area contributed by atoms with Crippen LogP contribution in [0.3, 0.4) is 0 Å². The maximum Gasteiger partial charge on any atom is 0.265 e. The van der Waals surface area contributed by atoms with E-state index in [4.69, 9.17) is 5.73 Å². The predicted octanol–water partition coefficient (Wildman–Crippen LogP) is 2.59. The van der Waals surface area contributed by atoms with Crippen molar-refractivity contribution < 1.29 is 4.79 Å². The van der Waals surface area contributed by atoms with Gasteiger partial charge in [-0.05, 0) is 18.3 Å². The van der Waals surface area contributed by atoms with Gasteiger partial charge in [-0.1, -0.05) is 39.0 Å². The zero-order valence-corrected chi connectivity index (χ0v) is 13.9. The van der Waals surface area contributed by atoms with E-state index in [0.29, 0.717) is 29.1 Å². The van der Waals surface area contributed by atoms with Gasteiger partial charge < -0.3 is 16.0 Å². The SMILES string of the molecule is CCCN(C)c1nc(N)c(C(=O)NCC(C)C(C)C)s1. The summed E-state index contributed by atoms with van der Waals surface area (Å²) < 4.78 is 0. The molecule has 1 atom stereocenters. The van der Waals surface area contributed by atoms with Crippen molar-refractivity contribution in [1.82, 2.24) is 10.3 Å². The predicted molar refractivity (Wildman–Crippen MR) is 86.4 cm³/mol. The van der Waals surface area contributed by atoms with Crippen LogP contribution in [0.1, 0.15) is 43.8 Å². The fraction of sp³-hybridized carbons (Fsp3) is 0.714. The number of nitrogens with two attached hydrogens (primary N) is 1. The summed E-state index contributed by atoms with van der Waals surface area (Å²) in [5, 5.41) is 3.74. The van der Waals surface area contributed by atoms with Gasteiger partial charge in [-0.25, -0.2) is 4.98 Å². The topological polar surface area (TPSA) is 71.2 Å². The van der Waals surface area contributed by atoms with Crippen LogP contribution in [0.5, 0.6) is 0 Å². The Balaban J connectivity index is 2.69. The minimum Gasteiger partial charge on any atom is -0.382 e. The zero-order valence-electron chi connectivity index (χ0n) is 13.1. The quantitative estimate of drug-likeness (QED) is 0.811. The number of thiazole rings is 1. The molecule has 0 radical (unpaired) electrons. The van der Waals surface area contributed by atoms with E-state index >= 15 is 0 Å². The Morgan fingerprint density at radius 1 is 1.45 bits per heavy atom. The standard InChI is InChI=1S/C14H26N4OS/c1-6-7-18(5)14-17-12(15)11(20-14)13(19)16-8-10(4)9(2)3/h9-10H,6-8,15H2,1-5H3,(H,16,19). The van der Waals surface area contributed by atoms with E-state index in [-0.39, 0.29) is 5.91 Å². The van der Waals surface area contributed by atoms with Crippen LogP contribution >= 0.6 is 11.3 Å². The van der Waals surface area contributed by atoms with E-state index in [1.807, 2.05) is 11.9 Å². The van der Waals surface area contributed by atoms with Gasteiger partial charge in [0.2, 0.25) is 0 Å². The summed E-state index contributed by atoms with van der Waals surface area (Å²) in [6.07, 6.45) is 1.03. The van der Waals surface area contributed by atoms with Crippen molar-refractivity contribution in [2.24, 2.45) is 11.8 Å². The number of hydrogen-bond acceptors (Lipinski definition) is 5. The minimum absolute atomic E-state index is 0.122. The highest BCUT2D eigenvalue weighted by molar-refractivity contribution is 7.18. The van der Waals surface area contributed by atoms with Crippen molar-refractivity contribution in [2.75, 3.05) is 30.8 Å². The van der Waals surface area contributed by atoms with Crippen LogP contribution in [-0.4, -0.2) is 31.0 Å². The number of anilines is 2. The van der Waals surface area contributed by atoms with Gasteiger partial charge in [0.15, 0.2) is 5.13 Å². The largest absolute Gasteiger partial charge is 0.382 e. The molecule has 0 aliphatic heterocycles. The van der Waals surface area contributed by atoms with Crippen molar-refractivity contribution >= 4 is 28.2 Å². The molecule has 1 unspecified atom stereocenters. The average molecular weight is 298 g/mol. The van der Waals surface area contributed by atoms with Gasteiger partial charge in [0.25, 0.3) is 5.91 Å². The van der Waals surface area contributed by atoms with Crippen LogP contribution < -0.4 is 16.0 Å². The van der Waals surface area contributed by atoms with E-state index in [1.165, 1.54) is 11.3 Å². The molecular weight excluding hydrogens is 272 g/mol. The fourth-order valence-electron chi connectivity index (χ4n) is 1.65. The van der Waals surface area contributed by atoms with Crippen molar-refractivity contribution in [1.29, 1.82) is 0 Å². The molecule has 0 saturated carbocycles. The van der Waals surface area contributed by atoms with E-state index in [9.17, 15) is 4.79 Å². The first kappa shape index (κ1) is 16.8. The van der Waals surface area contributed by atoms with Crippen molar-refractivity contribution in [2.45, 2.75) is 34.1 Å². The molecule has 0 saturated heterocycles. The minimum atomic E-state index is -0.122. The molecule has 20 heavy (non-hydrogen) atoms. The third-order valence-corrected chi connectivity index (χ3v) is 4.64. The second kappa shape index (κ2) is 7.47. The van der Waals surface area contributed by atoms with Crippen LogP contribution in [0.2, 0.25) is 0 Å². The maximum atomic E-state index is 12.1. The Bertz CT molecular complexity index is 444. The molecule has 1 aromatic rings. The van der Waals surface area contributed by atoms with Crippen molar-refractivity contribution in [3.63, 3.8) is 0 Å². The van der Waals surface area contributed by atoms with Crippen LogP contribution in [0.15, 0.2) is 0 Å². The third-order valence-electron chi connectivity index (χ3n) is 3.46. The summed E-state index contributed by atoms with van der Waals surface area (Å²) in [5.41, 5.74) is 5.85. The summed E-state index contributed by atoms with van der Waals surface area (Å²) in [6.45, 7) is 10.1. The molecule has 1 aromatic heterocycles. The molecule has 0 fully saturated rings. The number of hydrogen-bond donors (Lipinski definition) is 2. The Morgan fingerprint density at radius 2 is 2.10 bits per heavy atom. The number of nitrogens with one attached hydrogen (secondary N) is 1. The highest BCUT2D eigenvalue weighted by Gasteiger charge is 2.18. The van der Waals surface area contributed by atoms with Gasteiger partial charge in [0.05, 0.1) is 0 Å². The molecule has 0 aliphatic carbocycles. The van der Waals surface area contributed by atoms with Crippen LogP contribution in [0.4, 0.5) is 10.9 Å². The Kier molecular flexibility index (Phi) is 6.26. The molecule has 0 aromatic carbocycles. The first-order valence-corrected chi connectivity index (χ1v) is 7.94. The summed E-state index contributed by atoms with van der Waals surface area (Å²) >= 11 is 1.35. The summed E-state index contributed by atoms with van der Waals surface area (Å²) in [5.74, 6) is 1.18. The monoisotopic (exact) mass is 298 g/mol. The van der Waals surface area contributed by atoms with Crippen LogP contribution in [-0.2, 0) is 0 Å². The molecule has 0 spiro atoms. The molecule has 5 nitrogen and oxygen atoms in total. The molecular formula is C14H26N4OS. The van der Waals surface area contributed by atoms with Gasteiger partial charge in [-0.2, -0.15) is 0 Å². The highest BCUT2D eigenvalue weighted by Crippen LogP contribution is 2.27. The number of carbonyl (C=O) groups is 1. The summed E-state index contributed by atoms with van der Waals surface area (Å²) in [6, 6.07) is 0. The Morgan fingerprint density at radius 3 is 2.65 bits per heavy atom. The van der Waals surface area contributed by atoms with Crippen LogP contribution in [0, 0.1) is 11.8 Å². The molecule has 1 rings (SSSR count). The normalized spacial score (nSPS) is 12.5. The summed E-state index contributed by atoms with van der Waals surface area (Å²) in [4.78, 5) is 19.0. The van der Waals surface area contributed by atoms with Gasteiger partial charge in [-0.3, -0.25) is 4.79 Å². The molecule has 6 heteroatoms. The number of nitrogens with zero attached hydrogens (tertiary/aromatic N) is 2. The number of amides is 1. The van der Waals surface area contributed by atoms with Gasteiger partial charge in [-0.15, -0.1) is 0 Å². The smallest absolute Gasteiger partial charge is 0.265 e. The highest BCUT2D eigenvalue weighted by atomic mass is 32.1. The first-order valence-electron chi connectivity index (χ1n) is 7.12. The van der Waals surface area contributed by atoms with E-state index in [1.54, 1.807) is 0 Å². The van der Waals surface area contributed by atoms with Gasteiger partial charge >= 0.3 is 0 Å². The third kappa shape index (κ3) is 4.37. The van der Waals surface area contributed by atoms with E-state index < -0.39 is 0 Å². The first-order chi connectivity index (χ1) is 9.36. The molecule has 1 heterocycles. The lowest BCUT2D eigenvalue weighted by atomic mass is 9.98. The van der Waals surface area contributed by atoms with Gasteiger partial charge in [0.1, 0.15) is 10.7 Å². The molecule has 3 N–H and O–H groups in total. The average Bonchev–Trinajstić information content (AvgIpc) is 2.78. The second-order valence-electron chi connectivity index (χ2n) is 5.56. The van der Waals surface area contributed by atoms with Crippen LogP contribution in [0.25, 0.3) is 0 Å². The lowest BCUT2D eigenvalue weighted by Gasteiger charge is -2.15. The van der Waals surface area contributed by atoms with Crippen molar-refractivity contribution in [3.05, 3.63) is 4.88 Å². The Labute approximate surface area is 125 Å². The lowest BCUT2D eigenvalue weighted by Crippen LogP contribution is -2.30.